The Kier molecular flexibility index (Phi) is 5.08. The van der Waals surface area contributed by atoms with E-state index in [2.05, 4.69) is 15.9 Å². The zero-order valence-corrected chi connectivity index (χ0v) is 13.8. The third-order valence-electron chi connectivity index (χ3n) is 2.89. The van der Waals surface area contributed by atoms with E-state index in [-0.39, 0.29) is 12.1 Å². The van der Waals surface area contributed by atoms with Crippen molar-refractivity contribution in [2.45, 2.75) is 26.0 Å². The summed E-state index contributed by atoms with van der Waals surface area (Å²) in [6.07, 6.45) is 0.137. The summed E-state index contributed by atoms with van der Waals surface area (Å²) in [4.78, 5) is 0. The normalized spacial score (nSPS) is 12.5. The lowest BCUT2D eigenvalue weighted by Gasteiger charge is -2.16. The maximum Gasteiger partial charge on any atom is 0.120 e. The second-order valence-corrected chi connectivity index (χ2v) is 6.21. The first-order valence-electron chi connectivity index (χ1n) is 6.44. The first-order chi connectivity index (χ1) is 9.47. The molecule has 1 atom stereocenters. The van der Waals surface area contributed by atoms with Crippen molar-refractivity contribution in [1.82, 2.24) is 0 Å². The maximum atomic E-state index is 6.31. The summed E-state index contributed by atoms with van der Waals surface area (Å²) in [7, 11) is 0. The molecule has 0 aliphatic heterocycles. The van der Waals surface area contributed by atoms with Crippen LogP contribution in [0.2, 0.25) is 5.02 Å². The Hall–Kier alpha value is -1.03. The van der Waals surface area contributed by atoms with Gasteiger partial charge in [0.05, 0.1) is 12.1 Å². The van der Waals surface area contributed by atoms with Crippen LogP contribution in [-0.4, -0.2) is 6.10 Å². The molecule has 0 amide bonds. The highest BCUT2D eigenvalue weighted by Crippen LogP contribution is 2.30. The topological polar surface area (TPSA) is 35.2 Å². The number of ether oxygens (including phenoxy) is 1. The van der Waals surface area contributed by atoms with Gasteiger partial charge in [0.1, 0.15) is 5.75 Å². The molecule has 1 unspecified atom stereocenters. The minimum absolute atomic E-state index is 0.137. The maximum absolute atomic E-state index is 6.31. The van der Waals surface area contributed by atoms with Gasteiger partial charge in [-0.25, -0.2) is 0 Å². The Labute approximate surface area is 133 Å². The molecular formula is C16H17BrClNO. The fraction of sp³-hybridized carbons (Fsp3) is 0.250. The Balaban J connectivity index is 2.30. The molecule has 2 aromatic carbocycles. The molecule has 2 rings (SSSR count). The fourth-order valence-corrected chi connectivity index (χ4v) is 2.78. The molecule has 0 radical (unpaired) electrons. The highest BCUT2D eigenvalue weighted by atomic mass is 79.9. The Morgan fingerprint density at radius 2 is 1.90 bits per heavy atom. The predicted molar refractivity (Wildman–Crippen MR) is 87.4 cm³/mol. The number of halogens is 2. The molecule has 0 aliphatic carbocycles. The van der Waals surface area contributed by atoms with Crippen LogP contribution in [0.15, 0.2) is 46.9 Å². The van der Waals surface area contributed by atoms with E-state index in [4.69, 9.17) is 22.1 Å². The van der Waals surface area contributed by atoms with Gasteiger partial charge in [0.15, 0.2) is 0 Å². The van der Waals surface area contributed by atoms with Crippen LogP contribution in [0.1, 0.15) is 31.0 Å². The van der Waals surface area contributed by atoms with Crippen molar-refractivity contribution in [3.05, 3.63) is 63.1 Å². The molecule has 2 aromatic rings. The summed E-state index contributed by atoms with van der Waals surface area (Å²) in [5, 5.41) is 0.655. The number of hydrogen-bond donors (Lipinski definition) is 1. The van der Waals surface area contributed by atoms with Crippen molar-refractivity contribution in [2.24, 2.45) is 5.73 Å². The minimum Gasteiger partial charge on any atom is -0.491 e. The van der Waals surface area contributed by atoms with Gasteiger partial charge in [0, 0.05) is 9.50 Å². The van der Waals surface area contributed by atoms with E-state index in [1.54, 1.807) is 0 Å². The summed E-state index contributed by atoms with van der Waals surface area (Å²) in [5.74, 6) is 0.821. The predicted octanol–water partition coefficient (Wildman–Crippen LogP) is 4.94. The van der Waals surface area contributed by atoms with E-state index >= 15 is 0 Å². The monoisotopic (exact) mass is 353 g/mol. The summed E-state index contributed by atoms with van der Waals surface area (Å²) in [6.45, 7) is 4.00. The summed E-state index contributed by atoms with van der Waals surface area (Å²) >= 11 is 9.65. The quantitative estimate of drug-likeness (QED) is 0.844. The van der Waals surface area contributed by atoms with Crippen molar-refractivity contribution in [3.63, 3.8) is 0 Å². The van der Waals surface area contributed by atoms with Gasteiger partial charge < -0.3 is 10.5 Å². The molecule has 4 heteroatoms. The summed E-state index contributed by atoms with van der Waals surface area (Å²) in [5.41, 5.74) is 8.19. The molecular weight excluding hydrogens is 338 g/mol. The molecule has 0 heterocycles. The van der Waals surface area contributed by atoms with Gasteiger partial charge in [0.2, 0.25) is 0 Å². The lowest BCUT2D eigenvalue weighted by atomic mass is 9.99. The number of benzene rings is 2. The van der Waals surface area contributed by atoms with Crippen molar-refractivity contribution in [2.75, 3.05) is 0 Å². The van der Waals surface area contributed by atoms with E-state index in [9.17, 15) is 0 Å². The van der Waals surface area contributed by atoms with Gasteiger partial charge in [-0.15, -0.1) is 0 Å². The largest absolute Gasteiger partial charge is 0.491 e. The first kappa shape index (κ1) is 15.4. The van der Waals surface area contributed by atoms with Crippen LogP contribution in [0, 0.1) is 0 Å². The van der Waals surface area contributed by atoms with Gasteiger partial charge in [0.25, 0.3) is 0 Å². The minimum atomic E-state index is -0.272. The van der Waals surface area contributed by atoms with Crippen LogP contribution in [0.4, 0.5) is 0 Å². The average Bonchev–Trinajstić information content (AvgIpc) is 2.37. The SMILES string of the molecule is CC(C)Oc1cccc(C(N)c2ccc(Br)cc2Cl)c1. The Bertz CT molecular complexity index is 601. The van der Waals surface area contributed by atoms with E-state index < -0.39 is 0 Å². The number of nitrogens with two attached hydrogens (primary N) is 1. The number of rotatable bonds is 4. The molecule has 0 aromatic heterocycles. The summed E-state index contributed by atoms with van der Waals surface area (Å²) < 4.78 is 6.63. The zero-order chi connectivity index (χ0) is 14.7. The molecule has 106 valence electrons. The molecule has 0 bridgehead atoms. The van der Waals surface area contributed by atoms with E-state index in [1.807, 2.05) is 56.3 Å². The van der Waals surface area contributed by atoms with E-state index in [0.717, 1.165) is 21.3 Å². The van der Waals surface area contributed by atoms with Gasteiger partial charge >= 0.3 is 0 Å². The number of hydrogen-bond acceptors (Lipinski definition) is 2. The van der Waals surface area contributed by atoms with Crippen LogP contribution >= 0.6 is 27.5 Å². The standard InChI is InChI=1S/C16H17BrClNO/c1-10(2)20-13-5-3-4-11(8-13)16(19)14-7-6-12(17)9-15(14)18/h3-10,16H,19H2,1-2H3. The Morgan fingerprint density at radius 1 is 1.15 bits per heavy atom. The van der Waals surface area contributed by atoms with E-state index in [0.29, 0.717) is 5.02 Å². The third-order valence-corrected chi connectivity index (χ3v) is 3.71. The zero-order valence-electron chi connectivity index (χ0n) is 11.4. The van der Waals surface area contributed by atoms with Crippen LogP contribution in [0.3, 0.4) is 0 Å². The average molecular weight is 355 g/mol. The smallest absolute Gasteiger partial charge is 0.120 e. The van der Waals surface area contributed by atoms with Crippen molar-refractivity contribution < 1.29 is 4.74 Å². The van der Waals surface area contributed by atoms with Crippen molar-refractivity contribution in [1.29, 1.82) is 0 Å². The molecule has 0 aliphatic rings. The Morgan fingerprint density at radius 3 is 2.55 bits per heavy atom. The molecule has 0 saturated heterocycles. The van der Waals surface area contributed by atoms with Gasteiger partial charge in [-0.05, 0) is 49.2 Å². The van der Waals surface area contributed by atoms with Gasteiger partial charge in [-0.2, -0.15) is 0 Å². The third kappa shape index (κ3) is 3.75. The highest BCUT2D eigenvalue weighted by molar-refractivity contribution is 9.10. The molecule has 0 spiro atoms. The van der Waals surface area contributed by atoms with Crippen LogP contribution in [0.25, 0.3) is 0 Å². The molecule has 0 fully saturated rings. The van der Waals surface area contributed by atoms with E-state index in [1.165, 1.54) is 0 Å². The van der Waals surface area contributed by atoms with Crippen molar-refractivity contribution in [3.8, 4) is 5.75 Å². The van der Waals surface area contributed by atoms with Crippen LogP contribution < -0.4 is 10.5 Å². The lowest BCUT2D eigenvalue weighted by Crippen LogP contribution is -2.13. The molecule has 2 nitrogen and oxygen atoms in total. The van der Waals surface area contributed by atoms with Crippen LogP contribution in [0.5, 0.6) is 5.75 Å². The lowest BCUT2D eigenvalue weighted by molar-refractivity contribution is 0.242. The summed E-state index contributed by atoms with van der Waals surface area (Å²) in [6, 6.07) is 13.3. The van der Waals surface area contributed by atoms with Gasteiger partial charge in [-0.3, -0.25) is 0 Å². The molecule has 20 heavy (non-hydrogen) atoms. The highest BCUT2D eigenvalue weighted by Gasteiger charge is 2.13. The first-order valence-corrected chi connectivity index (χ1v) is 7.61. The van der Waals surface area contributed by atoms with Crippen molar-refractivity contribution >= 4 is 27.5 Å². The second kappa shape index (κ2) is 6.61. The fourth-order valence-electron chi connectivity index (χ4n) is 1.99. The van der Waals surface area contributed by atoms with Gasteiger partial charge in [-0.1, -0.05) is 45.7 Å². The second-order valence-electron chi connectivity index (χ2n) is 4.88. The van der Waals surface area contributed by atoms with Crippen LogP contribution in [-0.2, 0) is 0 Å². The molecule has 0 saturated carbocycles. The molecule has 2 N–H and O–H groups in total.